The Morgan fingerprint density at radius 1 is 1.15 bits per heavy atom. The zero-order valence-corrected chi connectivity index (χ0v) is 16.4. The Labute approximate surface area is 160 Å². The van der Waals surface area contributed by atoms with Gasteiger partial charge in [0.2, 0.25) is 5.91 Å². The molecule has 1 amide bonds. The number of amidine groups is 1. The molecule has 0 atom stereocenters. The molecule has 0 saturated carbocycles. The fourth-order valence-corrected chi connectivity index (χ4v) is 2.81. The van der Waals surface area contributed by atoms with Crippen molar-refractivity contribution in [2.24, 2.45) is 10.7 Å². The number of amides is 1. The number of hydrogen-bond acceptors (Lipinski definition) is 5. The highest BCUT2D eigenvalue weighted by atomic mass is 16.1. The maximum Gasteiger partial charge on any atom is 0.250 e. The number of aromatic nitrogens is 1. The van der Waals surface area contributed by atoms with Crippen molar-refractivity contribution in [1.29, 1.82) is 0 Å². The maximum absolute atomic E-state index is 11.7. The smallest absolute Gasteiger partial charge is 0.250 e. The van der Waals surface area contributed by atoms with Crippen LogP contribution in [-0.2, 0) is 4.79 Å². The van der Waals surface area contributed by atoms with Crippen LogP contribution < -0.4 is 10.6 Å². The van der Waals surface area contributed by atoms with Gasteiger partial charge in [0.25, 0.3) is 0 Å². The molecule has 2 N–H and O–H groups in total. The highest BCUT2D eigenvalue weighted by Gasteiger charge is 2.19. The lowest BCUT2D eigenvalue weighted by Gasteiger charge is -2.36. The molecule has 1 fully saturated rings. The first-order valence-corrected chi connectivity index (χ1v) is 8.99. The van der Waals surface area contributed by atoms with E-state index in [1.165, 1.54) is 6.20 Å². The van der Waals surface area contributed by atoms with Gasteiger partial charge in [0.1, 0.15) is 11.7 Å². The molecule has 1 saturated heterocycles. The summed E-state index contributed by atoms with van der Waals surface area (Å²) in [6.45, 7) is 10.4. The van der Waals surface area contributed by atoms with Gasteiger partial charge in [-0.2, -0.15) is 0 Å². The van der Waals surface area contributed by atoms with E-state index < -0.39 is 5.91 Å². The van der Waals surface area contributed by atoms with Gasteiger partial charge in [-0.25, -0.2) is 9.98 Å². The molecular weight excluding hydrogens is 342 g/mol. The predicted octanol–water partition coefficient (Wildman–Crippen LogP) is 2.16. The number of carbonyl (C=O) groups is 2. The van der Waals surface area contributed by atoms with E-state index in [2.05, 4.69) is 19.8 Å². The van der Waals surface area contributed by atoms with E-state index in [1.807, 2.05) is 32.1 Å². The van der Waals surface area contributed by atoms with Crippen LogP contribution in [0.5, 0.6) is 0 Å². The van der Waals surface area contributed by atoms with Crippen molar-refractivity contribution in [1.82, 2.24) is 9.88 Å². The third-order valence-electron chi connectivity index (χ3n) is 4.61. The highest BCUT2D eigenvalue weighted by molar-refractivity contribution is 5.94. The van der Waals surface area contributed by atoms with E-state index in [-0.39, 0.29) is 5.78 Å². The second kappa shape index (κ2) is 9.12. The van der Waals surface area contributed by atoms with Gasteiger partial charge in [-0.15, -0.1) is 0 Å². The second-order valence-electron chi connectivity index (χ2n) is 6.47. The minimum Gasteiger partial charge on any atom is -0.366 e. The lowest BCUT2D eigenvalue weighted by molar-refractivity contribution is -0.113. The molecule has 1 aromatic rings. The largest absolute Gasteiger partial charge is 0.366 e. The van der Waals surface area contributed by atoms with Crippen LogP contribution in [-0.4, -0.2) is 53.6 Å². The highest BCUT2D eigenvalue weighted by Crippen LogP contribution is 2.16. The summed E-state index contributed by atoms with van der Waals surface area (Å²) >= 11 is 0. The number of pyridine rings is 1. The van der Waals surface area contributed by atoms with Gasteiger partial charge in [-0.05, 0) is 45.9 Å². The number of aliphatic imine (C=N–C) groups is 1. The van der Waals surface area contributed by atoms with Crippen LogP contribution in [0.25, 0.3) is 0 Å². The van der Waals surface area contributed by atoms with Crippen molar-refractivity contribution in [2.75, 3.05) is 31.1 Å². The molecule has 7 nitrogen and oxygen atoms in total. The average Bonchev–Trinajstić information content (AvgIpc) is 2.67. The summed E-state index contributed by atoms with van der Waals surface area (Å²) in [6.07, 6.45) is 5.26. The van der Waals surface area contributed by atoms with Crippen LogP contribution >= 0.6 is 0 Å². The van der Waals surface area contributed by atoms with Crippen LogP contribution in [0.4, 0.5) is 5.82 Å². The number of piperazine rings is 1. The Bertz CT molecular complexity index is 785. The molecule has 0 bridgehead atoms. The van der Waals surface area contributed by atoms with Gasteiger partial charge in [0, 0.05) is 37.9 Å². The fourth-order valence-electron chi connectivity index (χ4n) is 2.81. The van der Waals surface area contributed by atoms with E-state index >= 15 is 0 Å². The molecule has 2 rings (SSSR count). The number of nitrogens with two attached hydrogens (primary N) is 1. The molecule has 2 heterocycles. The van der Waals surface area contributed by atoms with Gasteiger partial charge >= 0.3 is 0 Å². The average molecular weight is 369 g/mol. The van der Waals surface area contributed by atoms with Gasteiger partial charge in [-0.1, -0.05) is 6.08 Å². The normalized spacial score (nSPS) is 16.5. The molecule has 0 unspecified atom stereocenters. The van der Waals surface area contributed by atoms with Gasteiger partial charge in [0.15, 0.2) is 5.78 Å². The number of hydrogen-bond donors (Lipinski definition) is 1. The van der Waals surface area contributed by atoms with Crippen LogP contribution in [0, 0.1) is 0 Å². The van der Waals surface area contributed by atoms with Crippen molar-refractivity contribution in [2.45, 2.75) is 27.7 Å². The molecule has 1 aliphatic rings. The van der Waals surface area contributed by atoms with Crippen molar-refractivity contribution >= 4 is 23.3 Å². The Kier molecular flexibility index (Phi) is 6.87. The minimum atomic E-state index is -0.475. The third kappa shape index (κ3) is 5.26. The van der Waals surface area contributed by atoms with Crippen molar-refractivity contribution in [3.05, 3.63) is 47.3 Å². The molecule has 144 valence electrons. The van der Waals surface area contributed by atoms with Crippen LogP contribution in [0.1, 0.15) is 38.1 Å². The van der Waals surface area contributed by atoms with Gasteiger partial charge < -0.3 is 15.5 Å². The summed E-state index contributed by atoms with van der Waals surface area (Å²) in [4.78, 5) is 36.2. The zero-order chi connectivity index (χ0) is 20.0. The molecule has 0 radical (unpaired) electrons. The Hall–Kier alpha value is -2.96. The Morgan fingerprint density at radius 3 is 2.30 bits per heavy atom. The molecule has 7 heteroatoms. The van der Waals surface area contributed by atoms with E-state index in [9.17, 15) is 9.59 Å². The van der Waals surface area contributed by atoms with Gasteiger partial charge in [0.05, 0.1) is 11.3 Å². The maximum atomic E-state index is 11.7. The number of anilines is 1. The first-order valence-electron chi connectivity index (χ1n) is 8.99. The van der Waals surface area contributed by atoms with E-state index in [4.69, 9.17) is 5.73 Å². The number of nitrogens with zero attached hydrogens (tertiary/aromatic N) is 4. The van der Waals surface area contributed by atoms with Gasteiger partial charge in [-0.3, -0.25) is 9.59 Å². The molecule has 0 aliphatic carbocycles. The summed E-state index contributed by atoms with van der Waals surface area (Å²) in [5, 5.41) is 0. The summed E-state index contributed by atoms with van der Waals surface area (Å²) < 4.78 is 0. The van der Waals surface area contributed by atoms with E-state index in [0.29, 0.717) is 16.8 Å². The number of ketones is 1. The van der Waals surface area contributed by atoms with E-state index in [1.54, 1.807) is 19.9 Å². The number of Topliss-reactive ketones (excluding diaryl/α,β-unsaturated/α-hetero) is 1. The monoisotopic (exact) mass is 369 g/mol. The second-order valence-corrected chi connectivity index (χ2v) is 6.47. The first kappa shape index (κ1) is 20.4. The SMILES string of the molecule is C/C=C\C(N=C(C)N1CCN(c2ccc(C(N)=O)cn2)CC1)=C(/C)C(C)=O. The predicted molar refractivity (Wildman–Crippen MR) is 108 cm³/mol. The van der Waals surface area contributed by atoms with E-state index in [0.717, 1.165) is 37.8 Å². The first-order chi connectivity index (χ1) is 12.8. The quantitative estimate of drug-likeness (QED) is 0.372. The van der Waals surface area contributed by atoms with Crippen molar-refractivity contribution < 1.29 is 9.59 Å². The molecule has 0 aromatic carbocycles. The number of allylic oxidation sites excluding steroid dienone is 3. The summed E-state index contributed by atoms with van der Waals surface area (Å²) in [5.74, 6) is 1.27. The van der Waals surface area contributed by atoms with Crippen molar-refractivity contribution in [3.63, 3.8) is 0 Å². The standard InChI is InChI=1S/C20H27N5O2/c1-5-6-18(14(2)15(3)26)23-16(4)24-9-11-25(12-10-24)19-8-7-17(13-22-19)20(21)27/h5-8,13H,9-12H2,1-4H3,(H2,21,27)/b6-5-,18-14-,23-16?. The lowest BCUT2D eigenvalue weighted by Crippen LogP contribution is -2.48. The van der Waals surface area contributed by atoms with Crippen LogP contribution in [0.3, 0.4) is 0 Å². The van der Waals surface area contributed by atoms with Crippen LogP contribution in [0.15, 0.2) is 46.7 Å². The van der Waals surface area contributed by atoms with Crippen molar-refractivity contribution in [3.8, 4) is 0 Å². The number of rotatable bonds is 5. The third-order valence-corrected chi connectivity index (χ3v) is 4.61. The molecule has 1 aromatic heterocycles. The molecular formula is C20H27N5O2. The summed E-state index contributed by atoms with van der Waals surface area (Å²) in [5.41, 5.74) is 7.02. The zero-order valence-electron chi connectivity index (χ0n) is 16.4. The Morgan fingerprint density at radius 2 is 1.81 bits per heavy atom. The fraction of sp³-hybridized carbons (Fsp3) is 0.400. The summed E-state index contributed by atoms with van der Waals surface area (Å²) in [7, 11) is 0. The molecule has 1 aliphatic heterocycles. The minimum absolute atomic E-state index is 0.0231. The molecule has 0 spiro atoms. The number of primary amides is 1. The lowest BCUT2D eigenvalue weighted by atomic mass is 10.1. The Balaban J connectivity index is 2.06. The number of carbonyl (C=O) groups excluding carboxylic acids is 2. The topological polar surface area (TPSA) is 91.9 Å². The molecule has 27 heavy (non-hydrogen) atoms. The van der Waals surface area contributed by atoms with Crippen LogP contribution in [0.2, 0.25) is 0 Å². The summed E-state index contributed by atoms with van der Waals surface area (Å²) in [6, 6.07) is 3.52.